The summed E-state index contributed by atoms with van der Waals surface area (Å²) in [4.78, 5) is 38.4. The van der Waals surface area contributed by atoms with Crippen molar-refractivity contribution in [2.75, 3.05) is 18.4 Å². The summed E-state index contributed by atoms with van der Waals surface area (Å²) in [5.41, 5.74) is 0.883. The number of hydrogen-bond donors (Lipinski definition) is 1. The molecule has 22 heavy (non-hydrogen) atoms. The molecule has 7 nitrogen and oxygen atoms in total. The summed E-state index contributed by atoms with van der Waals surface area (Å²) in [6.45, 7) is -0.252. The number of carbonyl (C=O) groups excluding carboxylic acids is 3. The summed E-state index contributed by atoms with van der Waals surface area (Å²) in [6.07, 6.45) is 1.83. The van der Waals surface area contributed by atoms with Crippen LogP contribution in [0.4, 0.5) is 10.5 Å². The second-order valence-corrected chi connectivity index (χ2v) is 5.36. The van der Waals surface area contributed by atoms with Gasteiger partial charge in [-0.3, -0.25) is 14.5 Å². The average Bonchev–Trinajstić information content (AvgIpc) is 3.30. The summed E-state index contributed by atoms with van der Waals surface area (Å²) in [7, 11) is 0. The first kappa shape index (κ1) is 14.1. The first-order chi connectivity index (χ1) is 10.6. The van der Waals surface area contributed by atoms with Crippen molar-refractivity contribution in [1.82, 2.24) is 9.80 Å². The smallest absolute Gasteiger partial charge is 0.324 e. The molecule has 1 heterocycles. The third kappa shape index (κ3) is 2.76. The Morgan fingerprint density at radius 2 is 2.14 bits per heavy atom. The van der Waals surface area contributed by atoms with Gasteiger partial charge in [-0.2, -0.15) is 5.26 Å². The zero-order valence-electron chi connectivity index (χ0n) is 11.8. The largest absolute Gasteiger partial charge is 0.327 e. The molecule has 1 saturated carbocycles. The van der Waals surface area contributed by atoms with Crippen molar-refractivity contribution >= 4 is 23.5 Å². The molecule has 1 aromatic rings. The van der Waals surface area contributed by atoms with Crippen LogP contribution in [-0.4, -0.2) is 46.8 Å². The van der Waals surface area contributed by atoms with E-state index >= 15 is 0 Å². The molecule has 0 atom stereocenters. The predicted molar refractivity (Wildman–Crippen MR) is 76.6 cm³/mol. The Labute approximate surface area is 127 Å². The molecule has 0 bridgehead atoms. The van der Waals surface area contributed by atoms with Crippen LogP contribution in [0.2, 0.25) is 0 Å². The van der Waals surface area contributed by atoms with E-state index in [9.17, 15) is 14.4 Å². The van der Waals surface area contributed by atoms with E-state index in [2.05, 4.69) is 5.32 Å². The minimum atomic E-state index is -0.463. The maximum absolute atomic E-state index is 12.1. The van der Waals surface area contributed by atoms with E-state index in [-0.39, 0.29) is 25.0 Å². The van der Waals surface area contributed by atoms with Crippen LogP contribution >= 0.6 is 0 Å². The standard InChI is InChI=1S/C15H14N4O3/c16-7-10-2-1-3-11(6-10)17-13(20)8-19-14(21)9-18(15(19)22)12-4-5-12/h1-3,6,12H,4-5,8-9H2,(H,17,20). The first-order valence-electron chi connectivity index (χ1n) is 6.99. The van der Waals surface area contributed by atoms with Gasteiger partial charge in [-0.1, -0.05) is 6.07 Å². The molecule has 0 aromatic heterocycles. The Morgan fingerprint density at radius 1 is 1.36 bits per heavy atom. The van der Waals surface area contributed by atoms with Gasteiger partial charge in [0.15, 0.2) is 0 Å². The maximum atomic E-state index is 12.1. The SMILES string of the molecule is N#Cc1cccc(NC(=O)CN2C(=O)CN(C3CC3)C2=O)c1. The zero-order chi connectivity index (χ0) is 15.7. The molecule has 1 aliphatic heterocycles. The average molecular weight is 298 g/mol. The van der Waals surface area contributed by atoms with Gasteiger partial charge >= 0.3 is 6.03 Å². The minimum absolute atomic E-state index is 0.0562. The molecule has 1 aromatic carbocycles. The van der Waals surface area contributed by atoms with Crippen LogP contribution in [0.15, 0.2) is 24.3 Å². The predicted octanol–water partition coefficient (Wildman–Crippen LogP) is 0.923. The molecule has 4 amide bonds. The Hall–Kier alpha value is -2.88. The lowest BCUT2D eigenvalue weighted by molar-refractivity contribution is -0.129. The lowest BCUT2D eigenvalue weighted by Crippen LogP contribution is -2.39. The monoisotopic (exact) mass is 298 g/mol. The molecule has 2 aliphatic rings. The van der Waals surface area contributed by atoms with Crippen LogP contribution in [-0.2, 0) is 9.59 Å². The van der Waals surface area contributed by atoms with Crippen molar-refractivity contribution in [3.63, 3.8) is 0 Å². The number of rotatable bonds is 4. The Kier molecular flexibility index (Phi) is 3.51. The molecule has 1 N–H and O–H groups in total. The van der Waals surface area contributed by atoms with Crippen LogP contribution in [0, 0.1) is 11.3 Å². The number of nitrogens with one attached hydrogen (secondary N) is 1. The van der Waals surface area contributed by atoms with Crippen molar-refractivity contribution in [3.8, 4) is 6.07 Å². The van der Waals surface area contributed by atoms with Gasteiger partial charge in [-0.05, 0) is 31.0 Å². The molecule has 2 fully saturated rings. The van der Waals surface area contributed by atoms with Crippen LogP contribution in [0.1, 0.15) is 18.4 Å². The van der Waals surface area contributed by atoms with Gasteiger partial charge in [-0.15, -0.1) is 0 Å². The summed E-state index contributed by atoms with van der Waals surface area (Å²) in [5, 5.41) is 11.4. The highest BCUT2D eigenvalue weighted by molar-refractivity contribution is 6.06. The number of imide groups is 1. The van der Waals surface area contributed by atoms with Gasteiger partial charge in [0.25, 0.3) is 5.91 Å². The number of nitriles is 1. The quantitative estimate of drug-likeness (QED) is 0.836. The number of urea groups is 1. The molecule has 1 saturated heterocycles. The van der Waals surface area contributed by atoms with Crippen LogP contribution < -0.4 is 5.32 Å². The Bertz CT molecular complexity index is 690. The normalized spacial score (nSPS) is 17.6. The van der Waals surface area contributed by atoms with E-state index in [1.807, 2.05) is 6.07 Å². The number of anilines is 1. The topological polar surface area (TPSA) is 93.5 Å². The van der Waals surface area contributed by atoms with Gasteiger partial charge in [0.1, 0.15) is 13.1 Å². The van der Waals surface area contributed by atoms with Crippen molar-refractivity contribution in [1.29, 1.82) is 5.26 Å². The highest BCUT2D eigenvalue weighted by Crippen LogP contribution is 2.30. The minimum Gasteiger partial charge on any atom is -0.324 e. The number of benzene rings is 1. The molecule has 3 rings (SSSR count). The summed E-state index contributed by atoms with van der Waals surface area (Å²) >= 11 is 0. The molecule has 0 spiro atoms. The number of hydrogen-bond acceptors (Lipinski definition) is 4. The summed E-state index contributed by atoms with van der Waals surface area (Å²) in [6, 6.07) is 8.17. The zero-order valence-corrected chi connectivity index (χ0v) is 11.8. The molecule has 0 radical (unpaired) electrons. The van der Waals surface area contributed by atoms with E-state index in [4.69, 9.17) is 5.26 Å². The van der Waals surface area contributed by atoms with Gasteiger partial charge in [0.2, 0.25) is 5.91 Å². The molecule has 7 heteroatoms. The number of amides is 4. The summed E-state index contributed by atoms with van der Waals surface area (Å²) in [5.74, 6) is -0.813. The first-order valence-corrected chi connectivity index (χ1v) is 6.99. The highest BCUT2D eigenvalue weighted by Gasteiger charge is 2.44. The van der Waals surface area contributed by atoms with E-state index in [1.165, 1.54) is 11.0 Å². The molecule has 1 aliphatic carbocycles. The fourth-order valence-corrected chi connectivity index (χ4v) is 2.40. The fraction of sp³-hybridized carbons (Fsp3) is 0.333. The second-order valence-electron chi connectivity index (χ2n) is 5.36. The van der Waals surface area contributed by atoms with Gasteiger partial charge < -0.3 is 10.2 Å². The Morgan fingerprint density at radius 3 is 2.82 bits per heavy atom. The van der Waals surface area contributed by atoms with Gasteiger partial charge in [0.05, 0.1) is 11.6 Å². The third-order valence-corrected chi connectivity index (χ3v) is 3.65. The van der Waals surface area contributed by atoms with Crippen molar-refractivity contribution < 1.29 is 14.4 Å². The van der Waals surface area contributed by atoms with Gasteiger partial charge in [0, 0.05) is 11.7 Å². The molecule has 112 valence electrons. The summed E-state index contributed by atoms with van der Waals surface area (Å²) < 4.78 is 0. The van der Waals surface area contributed by atoms with Crippen molar-refractivity contribution in [2.45, 2.75) is 18.9 Å². The van der Waals surface area contributed by atoms with E-state index in [1.54, 1.807) is 18.2 Å². The molecule has 0 unspecified atom stereocenters. The van der Waals surface area contributed by atoms with Crippen molar-refractivity contribution in [3.05, 3.63) is 29.8 Å². The number of carbonyl (C=O) groups is 3. The second kappa shape index (κ2) is 5.48. The van der Waals surface area contributed by atoms with E-state index in [0.29, 0.717) is 11.3 Å². The van der Waals surface area contributed by atoms with Crippen LogP contribution in [0.25, 0.3) is 0 Å². The fourth-order valence-electron chi connectivity index (χ4n) is 2.40. The third-order valence-electron chi connectivity index (χ3n) is 3.65. The molecular weight excluding hydrogens is 284 g/mol. The lowest BCUT2D eigenvalue weighted by Gasteiger charge is -2.16. The highest BCUT2D eigenvalue weighted by atomic mass is 16.2. The van der Waals surface area contributed by atoms with Crippen molar-refractivity contribution in [2.24, 2.45) is 0 Å². The molecular formula is C15H14N4O3. The maximum Gasteiger partial charge on any atom is 0.327 e. The van der Waals surface area contributed by atoms with Crippen LogP contribution in [0.5, 0.6) is 0 Å². The van der Waals surface area contributed by atoms with E-state index in [0.717, 1.165) is 17.7 Å². The number of nitrogens with zero attached hydrogens (tertiary/aromatic N) is 3. The van der Waals surface area contributed by atoms with Gasteiger partial charge in [-0.25, -0.2) is 4.79 Å². The Balaban J connectivity index is 1.63. The van der Waals surface area contributed by atoms with E-state index < -0.39 is 11.9 Å². The van der Waals surface area contributed by atoms with Crippen LogP contribution in [0.3, 0.4) is 0 Å². The lowest BCUT2D eigenvalue weighted by atomic mass is 10.2.